The van der Waals surface area contributed by atoms with Crippen LogP contribution in [0.1, 0.15) is 31.2 Å². The van der Waals surface area contributed by atoms with Gasteiger partial charge in [-0.05, 0) is 55.4 Å². The van der Waals surface area contributed by atoms with Gasteiger partial charge >= 0.3 is 6.03 Å². The van der Waals surface area contributed by atoms with Crippen molar-refractivity contribution in [3.05, 3.63) is 59.9 Å². The van der Waals surface area contributed by atoms with Crippen molar-refractivity contribution >= 4 is 17.6 Å². The van der Waals surface area contributed by atoms with E-state index in [9.17, 15) is 18.4 Å². The Hall–Kier alpha value is -3.07. The van der Waals surface area contributed by atoms with Crippen LogP contribution in [-0.2, 0) is 10.2 Å². The zero-order chi connectivity index (χ0) is 22.7. The van der Waals surface area contributed by atoms with Crippen molar-refractivity contribution in [2.45, 2.75) is 37.1 Å². The number of urea groups is 1. The number of anilines is 1. The van der Waals surface area contributed by atoms with Crippen molar-refractivity contribution in [3.8, 4) is 0 Å². The van der Waals surface area contributed by atoms with E-state index < -0.39 is 23.1 Å². The van der Waals surface area contributed by atoms with Crippen LogP contribution in [0, 0.1) is 17.6 Å². The molecule has 4 rings (SSSR count). The Morgan fingerprint density at radius 2 is 1.84 bits per heavy atom. The van der Waals surface area contributed by atoms with E-state index in [0.717, 1.165) is 18.9 Å². The van der Waals surface area contributed by atoms with Gasteiger partial charge in [-0.3, -0.25) is 9.78 Å². The molecule has 1 saturated carbocycles. The van der Waals surface area contributed by atoms with Gasteiger partial charge in [0.15, 0.2) is 0 Å². The van der Waals surface area contributed by atoms with Gasteiger partial charge in [-0.25, -0.2) is 13.6 Å². The number of piperidine rings is 1. The first-order valence-electron chi connectivity index (χ1n) is 10.8. The summed E-state index contributed by atoms with van der Waals surface area (Å²) in [4.78, 5) is 30.7. The van der Waals surface area contributed by atoms with Crippen LogP contribution in [0.25, 0.3) is 0 Å². The maximum atomic E-state index is 14.2. The molecule has 1 aromatic heterocycles. The fourth-order valence-corrected chi connectivity index (χ4v) is 4.30. The van der Waals surface area contributed by atoms with Gasteiger partial charge in [-0.1, -0.05) is 6.07 Å². The number of nitrogens with one attached hydrogen (secondary N) is 2. The Kier molecular flexibility index (Phi) is 6.36. The number of hydrogen-bond acceptors (Lipinski definition) is 4. The van der Waals surface area contributed by atoms with Crippen molar-refractivity contribution < 1.29 is 18.4 Å². The number of amides is 3. The lowest BCUT2D eigenvalue weighted by Gasteiger charge is -2.34. The molecule has 1 aromatic carbocycles. The summed E-state index contributed by atoms with van der Waals surface area (Å²) in [6, 6.07) is 6.12. The minimum Gasteiger partial charge on any atom is -0.354 e. The lowest BCUT2D eigenvalue weighted by atomic mass is 9.89. The Morgan fingerprint density at radius 1 is 1.16 bits per heavy atom. The van der Waals surface area contributed by atoms with Crippen molar-refractivity contribution in [2.24, 2.45) is 11.7 Å². The summed E-state index contributed by atoms with van der Waals surface area (Å²) in [6.07, 6.45) is 5.92. The highest BCUT2D eigenvalue weighted by Crippen LogP contribution is 2.48. The maximum Gasteiger partial charge on any atom is 0.321 e. The summed E-state index contributed by atoms with van der Waals surface area (Å²) >= 11 is 0. The maximum absolute atomic E-state index is 14.2. The number of nitrogens with zero attached hydrogens (tertiary/aromatic N) is 2. The van der Waals surface area contributed by atoms with Crippen molar-refractivity contribution in [1.29, 1.82) is 0 Å². The number of carbonyl (C=O) groups excluding carboxylic acids is 2. The summed E-state index contributed by atoms with van der Waals surface area (Å²) in [7, 11) is 0. The molecule has 3 amide bonds. The predicted molar refractivity (Wildman–Crippen MR) is 116 cm³/mol. The summed E-state index contributed by atoms with van der Waals surface area (Å²) in [5.41, 5.74) is 6.84. The van der Waals surface area contributed by atoms with Crippen LogP contribution in [0.2, 0.25) is 0 Å². The average Bonchev–Trinajstić information content (AvgIpc) is 3.58. The second-order valence-corrected chi connectivity index (χ2v) is 8.64. The van der Waals surface area contributed by atoms with E-state index in [1.165, 1.54) is 12.1 Å². The van der Waals surface area contributed by atoms with Crippen LogP contribution >= 0.6 is 0 Å². The van der Waals surface area contributed by atoms with Crippen molar-refractivity contribution in [2.75, 3.05) is 25.0 Å². The molecule has 2 fully saturated rings. The molecule has 2 aliphatic rings. The zero-order valence-corrected chi connectivity index (χ0v) is 17.7. The Labute approximate surface area is 185 Å². The van der Waals surface area contributed by atoms with E-state index in [-0.39, 0.29) is 24.4 Å². The molecule has 1 aliphatic carbocycles. The fraction of sp³-hybridized carbons (Fsp3) is 0.435. The van der Waals surface area contributed by atoms with Gasteiger partial charge in [-0.2, -0.15) is 0 Å². The largest absolute Gasteiger partial charge is 0.354 e. The van der Waals surface area contributed by atoms with Gasteiger partial charge in [0, 0.05) is 49.2 Å². The molecule has 1 atom stereocenters. The second-order valence-electron chi connectivity index (χ2n) is 8.64. The number of rotatable bonds is 6. The van der Waals surface area contributed by atoms with Gasteiger partial charge in [0.1, 0.15) is 11.6 Å². The summed E-state index contributed by atoms with van der Waals surface area (Å²) in [5.74, 6) is -1.52. The molecule has 0 spiro atoms. The van der Waals surface area contributed by atoms with E-state index >= 15 is 0 Å². The van der Waals surface area contributed by atoms with Crippen LogP contribution in [0.15, 0.2) is 42.7 Å². The predicted octanol–water partition coefficient (Wildman–Crippen LogP) is 2.78. The minimum atomic E-state index is -0.700. The Morgan fingerprint density at radius 3 is 2.47 bits per heavy atom. The van der Waals surface area contributed by atoms with Gasteiger partial charge in [0.25, 0.3) is 0 Å². The molecule has 1 unspecified atom stereocenters. The van der Waals surface area contributed by atoms with E-state index in [0.29, 0.717) is 37.2 Å². The lowest BCUT2D eigenvalue weighted by molar-refractivity contribution is -0.124. The number of likely N-dealkylation sites (tertiary alicyclic amines) is 1. The van der Waals surface area contributed by atoms with Crippen molar-refractivity contribution in [3.63, 3.8) is 0 Å². The number of aromatic nitrogens is 1. The number of nitrogens with two attached hydrogens (primary N) is 1. The fourth-order valence-electron chi connectivity index (χ4n) is 4.30. The zero-order valence-electron chi connectivity index (χ0n) is 17.7. The first-order valence-corrected chi connectivity index (χ1v) is 10.8. The van der Waals surface area contributed by atoms with E-state index in [1.54, 1.807) is 29.4 Å². The quantitative estimate of drug-likeness (QED) is 0.639. The first kappa shape index (κ1) is 22.1. The van der Waals surface area contributed by atoms with Crippen LogP contribution in [-0.4, -0.2) is 47.5 Å². The van der Waals surface area contributed by atoms with E-state index in [2.05, 4.69) is 15.6 Å². The third kappa shape index (κ3) is 4.88. The molecular formula is C23H27F2N5O2. The lowest BCUT2D eigenvalue weighted by Crippen LogP contribution is -2.51. The monoisotopic (exact) mass is 443 g/mol. The number of halogens is 2. The normalized spacial score (nSPS) is 18.7. The highest BCUT2D eigenvalue weighted by atomic mass is 19.1. The third-order valence-corrected chi connectivity index (χ3v) is 6.53. The van der Waals surface area contributed by atoms with Crippen LogP contribution < -0.4 is 16.4 Å². The molecule has 0 bridgehead atoms. The van der Waals surface area contributed by atoms with Gasteiger partial charge < -0.3 is 21.3 Å². The number of carbonyl (C=O) groups is 2. The Balaban J connectivity index is 1.26. The molecule has 0 radical (unpaired) electrons. The van der Waals surface area contributed by atoms with E-state index in [4.69, 9.17) is 5.73 Å². The van der Waals surface area contributed by atoms with Gasteiger partial charge in [0.2, 0.25) is 5.91 Å². The third-order valence-electron chi connectivity index (χ3n) is 6.53. The molecule has 1 saturated heterocycles. The SMILES string of the molecule is NC(C(=O)NCC1(c2ccc(F)cc2F)CC1)C1CCN(C(=O)Nc2ccncc2)CC1. The average molecular weight is 443 g/mol. The molecule has 170 valence electrons. The molecule has 9 heteroatoms. The highest BCUT2D eigenvalue weighted by molar-refractivity contribution is 5.89. The molecule has 1 aliphatic heterocycles. The number of benzene rings is 1. The molecule has 4 N–H and O–H groups in total. The molecule has 7 nitrogen and oxygen atoms in total. The smallest absolute Gasteiger partial charge is 0.321 e. The standard InChI is InChI=1S/C23H27F2N5O2/c24-16-1-2-18(19(25)13-16)23(7-8-23)14-28-21(31)20(26)15-5-11-30(12-6-15)22(32)29-17-3-9-27-10-4-17/h1-4,9-10,13,15,20H,5-8,11-12,14,26H2,(H,28,31)(H,27,29,32). The van der Waals surface area contributed by atoms with Gasteiger partial charge in [-0.15, -0.1) is 0 Å². The van der Waals surface area contributed by atoms with Crippen LogP contribution in [0.4, 0.5) is 19.3 Å². The number of pyridine rings is 1. The van der Waals surface area contributed by atoms with Crippen LogP contribution in [0.3, 0.4) is 0 Å². The van der Waals surface area contributed by atoms with E-state index in [1.807, 2.05) is 0 Å². The van der Waals surface area contributed by atoms with Gasteiger partial charge in [0.05, 0.1) is 6.04 Å². The Bertz CT molecular complexity index is 976. The number of hydrogen-bond donors (Lipinski definition) is 3. The molecule has 32 heavy (non-hydrogen) atoms. The second kappa shape index (κ2) is 9.20. The summed E-state index contributed by atoms with van der Waals surface area (Å²) in [6.45, 7) is 1.29. The first-order chi connectivity index (χ1) is 15.4. The molecule has 2 aromatic rings. The topological polar surface area (TPSA) is 100 Å². The van der Waals surface area contributed by atoms with Crippen molar-refractivity contribution in [1.82, 2.24) is 15.2 Å². The van der Waals surface area contributed by atoms with Crippen LogP contribution in [0.5, 0.6) is 0 Å². The highest BCUT2D eigenvalue weighted by Gasteiger charge is 2.46. The molecule has 2 heterocycles. The summed E-state index contributed by atoms with van der Waals surface area (Å²) in [5, 5.41) is 5.69. The molecular weight excluding hydrogens is 416 g/mol. The summed E-state index contributed by atoms with van der Waals surface area (Å²) < 4.78 is 27.4. The minimum absolute atomic E-state index is 0.0438.